The van der Waals surface area contributed by atoms with Crippen LogP contribution in [-0.2, 0) is 28.0 Å². The first kappa shape index (κ1) is 29.2. The van der Waals surface area contributed by atoms with Gasteiger partial charge < -0.3 is 15.0 Å². The fourth-order valence-corrected chi connectivity index (χ4v) is 4.19. The minimum Gasteiger partial charge on any atom is -0.484 e. The number of carbonyl (C=O) groups excluding carboxylic acids is 2. The van der Waals surface area contributed by atoms with E-state index in [-0.39, 0.29) is 36.4 Å². The minimum absolute atomic E-state index is 0.00848. The average molecular weight is 535 g/mol. The molecule has 1 N–H and O–H groups in total. The molecule has 2 amide bonds. The second kappa shape index (κ2) is 13.5. The Bertz CT molecular complexity index is 1170. The molecular formula is C32H39ClN2O3. The van der Waals surface area contributed by atoms with Crippen LogP contribution in [0.1, 0.15) is 57.7 Å². The minimum atomic E-state index is -0.707. The van der Waals surface area contributed by atoms with Crippen molar-refractivity contribution in [2.75, 3.05) is 6.61 Å². The molecule has 0 heterocycles. The number of benzene rings is 3. The van der Waals surface area contributed by atoms with Gasteiger partial charge in [0.15, 0.2) is 6.61 Å². The highest BCUT2D eigenvalue weighted by molar-refractivity contribution is 6.30. The van der Waals surface area contributed by atoms with Gasteiger partial charge in [-0.1, -0.05) is 93.9 Å². The summed E-state index contributed by atoms with van der Waals surface area (Å²) < 4.78 is 5.91. The van der Waals surface area contributed by atoms with E-state index in [0.717, 1.165) is 17.5 Å². The molecular weight excluding hydrogens is 496 g/mol. The molecule has 3 aromatic rings. The number of ether oxygens (including phenoxy) is 1. The molecule has 0 aliphatic heterocycles. The van der Waals surface area contributed by atoms with Crippen LogP contribution < -0.4 is 10.1 Å². The van der Waals surface area contributed by atoms with Crippen molar-refractivity contribution in [3.05, 3.63) is 101 Å². The molecule has 0 radical (unpaired) electrons. The van der Waals surface area contributed by atoms with Gasteiger partial charge in [0.05, 0.1) is 0 Å². The molecule has 6 heteroatoms. The van der Waals surface area contributed by atoms with Crippen molar-refractivity contribution in [2.24, 2.45) is 0 Å². The third-order valence-corrected chi connectivity index (χ3v) is 6.87. The maximum atomic E-state index is 13.7. The lowest BCUT2D eigenvalue weighted by molar-refractivity contribution is -0.143. The van der Waals surface area contributed by atoms with Crippen molar-refractivity contribution in [2.45, 2.75) is 71.5 Å². The van der Waals surface area contributed by atoms with Crippen molar-refractivity contribution >= 4 is 23.4 Å². The van der Waals surface area contributed by atoms with Crippen LogP contribution in [0.3, 0.4) is 0 Å². The van der Waals surface area contributed by atoms with Gasteiger partial charge in [-0.25, -0.2) is 0 Å². The van der Waals surface area contributed by atoms with Crippen molar-refractivity contribution in [1.29, 1.82) is 0 Å². The van der Waals surface area contributed by atoms with Crippen LogP contribution in [-0.4, -0.2) is 35.4 Å². The van der Waals surface area contributed by atoms with Gasteiger partial charge in [-0.05, 0) is 59.7 Å². The van der Waals surface area contributed by atoms with E-state index < -0.39 is 6.04 Å². The Morgan fingerprint density at radius 1 is 0.921 bits per heavy atom. The normalized spacial score (nSPS) is 12.9. The maximum Gasteiger partial charge on any atom is 0.261 e. The van der Waals surface area contributed by atoms with E-state index in [2.05, 4.69) is 26.1 Å². The Morgan fingerprint density at radius 2 is 1.55 bits per heavy atom. The number of hydrogen-bond acceptors (Lipinski definition) is 3. The van der Waals surface area contributed by atoms with E-state index in [4.69, 9.17) is 16.3 Å². The first-order valence-corrected chi connectivity index (χ1v) is 13.6. The van der Waals surface area contributed by atoms with Crippen LogP contribution in [0.25, 0.3) is 0 Å². The van der Waals surface area contributed by atoms with Gasteiger partial charge in [0, 0.05) is 24.0 Å². The van der Waals surface area contributed by atoms with Crippen molar-refractivity contribution in [1.82, 2.24) is 10.2 Å². The molecule has 0 spiro atoms. The summed E-state index contributed by atoms with van der Waals surface area (Å²) in [5, 5.41) is 3.69. The Morgan fingerprint density at radius 3 is 2.13 bits per heavy atom. The summed E-state index contributed by atoms with van der Waals surface area (Å²) in [6, 6.07) is 24.2. The molecule has 0 saturated heterocycles. The highest BCUT2D eigenvalue weighted by Crippen LogP contribution is 2.24. The van der Waals surface area contributed by atoms with Gasteiger partial charge in [0.2, 0.25) is 5.91 Å². The summed E-state index contributed by atoms with van der Waals surface area (Å²) in [6.45, 7) is 10.5. The number of amides is 2. The van der Waals surface area contributed by atoms with Crippen LogP contribution in [0.2, 0.25) is 5.02 Å². The van der Waals surface area contributed by atoms with Crippen LogP contribution >= 0.6 is 11.6 Å². The number of nitrogens with one attached hydrogen (secondary N) is 1. The van der Waals surface area contributed by atoms with E-state index in [1.807, 2.05) is 80.6 Å². The number of halogens is 1. The molecule has 0 saturated carbocycles. The quantitative estimate of drug-likeness (QED) is 0.302. The van der Waals surface area contributed by atoms with Crippen LogP contribution in [0.5, 0.6) is 5.75 Å². The zero-order valence-electron chi connectivity index (χ0n) is 23.0. The number of nitrogens with zero attached hydrogens (tertiary/aromatic N) is 1. The molecule has 38 heavy (non-hydrogen) atoms. The lowest BCUT2D eigenvalue weighted by Crippen LogP contribution is -2.53. The zero-order valence-corrected chi connectivity index (χ0v) is 23.8. The molecule has 0 bridgehead atoms. The smallest absolute Gasteiger partial charge is 0.261 e. The molecule has 5 nitrogen and oxygen atoms in total. The van der Waals surface area contributed by atoms with E-state index >= 15 is 0 Å². The van der Waals surface area contributed by atoms with Gasteiger partial charge in [-0.3, -0.25) is 9.59 Å². The lowest BCUT2D eigenvalue weighted by Gasteiger charge is -2.32. The fraction of sp³-hybridized carbons (Fsp3) is 0.375. The number of rotatable bonds is 11. The van der Waals surface area contributed by atoms with Crippen molar-refractivity contribution < 1.29 is 14.3 Å². The standard InChI is InChI=1S/C32H39ClN2O3/c1-6-23(2)34-31(37)29(20-24-10-8-7-9-11-24)35(21-25-12-16-27(33)17-13-25)30(36)22-38-28-18-14-26(15-19-28)32(3,4)5/h7-19,23,29H,6,20-22H2,1-5H3,(H,34,37)/t23-,29+/m0/s1. The lowest BCUT2D eigenvalue weighted by atomic mass is 9.87. The van der Waals surface area contributed by atoms with Crippen LogP contribution in [0.4, 0.5) is 0 Å². The Hall–Kier alpha value is -3.31. The predicted molar refractivity (Wildman–Crippen MR) is 154 cm³/mol. The first-order valence-electron chi connectivity index (χ1n) is 13.2. The summed E-state index contributed by atoms with van der Waals surface area (Å²) in [4.78, 5) is 28.9. The average Bonchev–Trinajstić information content (AvgIpc) is 2.90. The maximum absolute atomic E-state index is 13.7. The highest BCUT2D eigenvalue weighted by atomic mass is 35.5. The molecule has 3 aromatic carbocycles. The number of hydrogen-bond donors (Lipinski definition) is 1. The van der Waals surface area contributed by atoms with Gasteiger partial charge in [-0.2, -0.15) is 0 Å². The van der Waals surface area contributed by atoms with Gasteiger partial charge in [0.25, 0.3) is 5.91 Å². The van der Waals surface area contributed by atoms with Gasteiger partial charge in [-0.15, -0.1) is 0 Å². The second-order valence-corrected chi connectivity index (χ2v) is 11.2. The van der Waals surface area contributed by atoms with E-state index in [1.165, 1.54) is 5.56 Å². The van der Waals surface area contributed by atoms with E-state index in [1.54, 1.807) is 17.0 Å². The molecule has 0 aliphatic carbocycles. The summed E-state index contributed by atoms with van der Waals surface area (Å²) in [5.74, 6) is 0.168. The Labute approximate surface area is 232 Å². The highest BCUT2D eigenvalue weighted by Gasteiger charge is 2.31. The fourth-order valence-electron chi connectivity index (χ4n) is 4.06. The zero-order chi connectivity index (χ0) is 27.7. The predicted octanol–water partition coefficient (Wildman–Crippen LogP) is 6.57. The number of carbonyl (C=O) groups is 2. The summed E-state index contributed by atoms with van der Waals surface area (Å²) >= 11 is 6.10. The van der Waals surface area contributed by atoms with Gasteiger partial charge >= 0.3 is 0 Å². The summed E-state index contributed by atoms with van der Waals surface area (Å²) in [5.41, 5.74) is 3.07. The monoisotopic (exact) mass is 534 g/mol. The second-order valence-electron chi connectivity index (χ2n) is 10.7. The molecule has 0 fully saturated rings. The Balaban J connectivity index is 1.88. The third kappa shape index (κ3) is 8.63. The molecule has 0 aliphatic rings. The first-order chi connectivity index (χ1) is 18.1. The summed E-state index contributed by atoms with van der Waals surface area (Å²) in [6.07, 6.45) is 1.19. The van der Waals surface area contributed by atoms with Crippen LogP contribution in [0, 0.1) is 0 Å². The molecule has 3 rings (SSSR count). The third-order valence-electron chi connectivity index (χ3n) is 6.62. The Kier molecular flexibility index (Phi) is 10.4. The largest absolute Gasteiger partial charge is 0.484 e. The van der Waals surface area contributed by atoms with Crippen LogP contribution in [0.15, 0.2) is 78.9 Å². The molecule has 0 aromatic heterocycles. The topological polar surface area (TPSA) is 58.6 Å². The summed E-state index contributed by atoms with van der Waals surface area (Å²) in [7, 11) is 0. The molecule has 2 atom stereocenters. The van der Waals surface area contributed by atoms with Crippen molar-refractivity contribution in [3.63, 3.8) is 0 Å². The SMILES string of the molecule is CC[C@H](C)NC(=O)[C@@H](Cc1ccccc1)N(Cc1ccc(Cl)cc1)C(=O)COc1ccc(C(C)(C)C)cc1. The van der Waals surface area contributed by atoms with Crippen molar-refractivity contribution in [3.8, 4) is 5.75 Å². The van der Waals surface area contributed by atoms with E-state index in [9.17, 15) is 9.59 Å². The molecule has 0 unspecified atom stereocenters. The van der Waals surface area contributed by atoms with Gasteiger partial charge in [0.1, 0.15) is 11.8 Å². The van der Waals surface area contributed by atoms with E-state index in [0.29, 0.717) is 17.2 Å². The molecule has 202 valence electrons.